The Balaban J connectivity index is 2.05. The third-order valence-corrected chi connectivity index (χ3v) is 4.37. The van der Waals surface area contributed by atoms with Gasteiger partial charge in [0.15, 0.2) is 4.96 Å². The zero-order chi connectivity index (χ0) is 15.0. The van der Waals surface area contributed by atoms with Crippen molar-refractivity contribution in [2.24, 2.45) is 0 Å². The van der Waals surface area contributed by atoms with Gasteiger partial charge in [0.2, 0.25) is 0 Å². The van der Waals surface area contributed by atoms with Gasteiger partial charge in [0.1, 0.15) is 5.56 Å². The standard InChI is InChI=1S/C15H13N3O2S/c1-9-10(2)21-15-16-8-12(14(20)18(9)15)13(19)17-11-6-4-3-5-7-11/h3-8H,1-2H3,(H,17,19). The summed E-state index contributed by atoms with van der Waals surface area (Å²) in [6.45, 7) is 3.78. The fourth-order valence-electron chi connectivity index (χ4n) is 2.05. The van der Waals surface area contributed by atoms with Crippen LogP contribution in [0, 0.1) is 13.8 Å². The summed E-state index contributed by atoms with van der Waals surface area (Å²) < 4.78 is 1.49. The topological polar surface area (TPSA) is 63.5 Å². The maximum atomic E-state index is 12.5. The second-order valence-corrected chi connectivity index (χ2v) is 5.84. The first-order valence-electron chi connectivity index (χ1n) is 6.42. The number of thiazole rings is 1. The van der Waals surface area contributed by atoms with Crippen LogP contribution in [0.3, 0.4) is 0 Å². The van der Waals surface area contributed by atoms with E-state index in [2.05, 4.69) is 10.3 Å². The number of nitrogens with zero attached hydrogens (tertiary/aromatic N) is 2. The monoisotopic (exact) mass is 299 g/mol. The summed E-state index contributed by atoms with van der Waals surface area (Å²) in [4.78, 5) is 30.5. The molecule has 0 spiro atoms. The van der Waals surface area contributed by atoms with Crippen LogP contribution in [0.5, 0.6) is 0 Å². The first-order chi connectivity index (χ1) is 10.1. The number of aromatic nitrogens is 2. The molecule has 3 aromatic rings. The Bertz CT molecular complexity index is 881. The maximum Gasteiger partial charge on any atom is 0.271 e. The summed E-state index contributed by atoms with van der Waals surface area (Å²) in [7, 11) is 0. The number of aryl methyl sites for hydroxylation is 2. The molecule has 2 heterocycles. The molecule has 6 heteroatoms. The number of amides is 1. The highest BCUT2D eigenvalue weighted by Crippen LogP contribution is 2.18. The smallest absolute Gasteiger partial charge is 0.271 e. The van der Waals surface area contributed by atoms with Crippen molar-refractivity contribution in [1.82, 2.24) is 9.38 Å². The van der Waals surface area contributed by atoms with E-state index in [4.69, 9.17) is 0 Å². The summed E-state index contributed by atoms with van der Waals surface area (Å²) in [6.07, 6.45) is 1.34. The molecule has 0 atom stereocenters. The van der Waals surface area contributed by atoms with E-state index in [9.17, 15) is 9.59 Å². The Morgan fingerprint density at radius 2 is 1.95 bits per heavy atom. The average molecular weight is 299 g/mol. The van der Waals surface area contributed by atoms with Crippen molar-refractivity contribution in [3.63, 3.8) is 0 Å². The molecule has 3 rings (SSSR count). The van der Waals surface area contributed by atoms with Gasteiger partial charge in [0, 0.05) is 22.5 Å². The lowest BCUT2D eigenvalue weighted by molar-refractivity contribution is 0.102. The molecule has 0 aliphatic rings. The van der Waals surface area contributed by atoms with Crippen LogP contribution in [0.4, 0.5) is 5.69 Å². The lowest BCUT2D eigenvalue weighted by atomic mass is 10.2. The Hall–Kier alpha value is -2.47. The predicted molar refractivity (Wildman–Crippen MR) is 83.2 cm³/mol. The maximum absolute atomic E-state index is 12.5. The Morgan fingerprint density at radius 3 is 2.67 bits per heavy atom. The van der Waals surface area contributed by atoms with Crippen molar-refractivity contribution in [2.45, 2.75) is 13.8 Å². The molecule has 106 valence electrons. The van der Waals surface area contributed by atoms with E-state index < -0.39 is 5.91 Å². The molecule has 0 radical (unpaired) electrons. The number of hydrogen-bond donors (Lipinski definition) is 1. The van der Waals surface area contributed by atoms with E-state index in [1.165, 1.54) is 21.9 Å². The van der Waals surface area contributed by atoms with Crippen LogP contribution < -0.4 is 10.9 Å². The van der Waals surface area contributed by atoms with Crippen LogP contribution in [0.2, 0.25) is 0 Å². The van der Waals surface area contributed by atoms with Gasteiger partial charge in [-0.3, -0.25) is 14.0 Å². The Kier molecular flexibility index (Phi) is 3.31. The summed E-state index contributed by atoms with van der Waals surface area (Å²) in [5.74, 6) is -0.448. The quantitative estimate of drug-likeness (QED) is 0.791. The lowest BCUT2D eigenvalue weighted by Gasteiger charge is -2.04. The molecule has 0 aliphatic carbocycles. The van der Waals surface area contributed by atoms with Crippen molar-refractivity contribution in [2.75, 3.05) is 5.32 Å². The molecular weight excluding hydrogens is 286 g/mol. The van der Waals surface area contributed by atoms with Gasteiger partial charge in [-0.15, -0.1) is 11.3 Å². The second kappa shape index (κ2) is 5.14. The van der Waals surface area contributed by atoms with Gasteiger partial charge >= 0.3 is 0 Å². The fourth-order valence-corrected chi connectivity index (χ4v) is 2.98. The minimum atomic E-state index is -0.448. The summed E-state index contributed by atoms with van der Waals surface area (Å²) in [6, 6.07) is 9.02. The molecule has 0 saturated heterocycles. The van der Waals surface area contributed by atoms with Gasteiger partial charge in [-0.25, -0.2) is 4.98 Å². The SMILES string of the molecule is Cc1sc2ncc(C(=O)Nc3ccccc3)c(=O)n2c1C. The molecule has 0 aliphatic heterocycles. The predicted octanol–water partition coefficient (Wildman–Crippen LogP) is 2.63. The molecule has 1 aromatic carbocycles. The van der Waals surface area contributed by atoms with Gasteiger partial charge in [0.05, 0.1) is 0 Å². The number of carbonyl (C=O) groups excluding carboxylic acids is 1. The zero-order valence-corrected chi connectivity index (χ0v) is 12.4. The number of benzene rings is 1. The van der Waals surface area contributed by atoms with Gasteiger partial charge < -0.3 is 5.32 Å². The van der Waals surface area contributed by atoms with Crippen LogP contribution in [-0.2, 0) is 0 Å². The summed E-state index contributed by atoms with van der Waals surface area (Å²) >= 11 is 1.44. The fraction of sp³-hybridized carbons (Fsp3) is 0.133. The molecule has 0 unspecified atom stereocenters. The molecule has 0 bridgehead atoms. The van der Waals surface area contributed by atoms with E-state index in [0.29, 0.717) is 10.6 Å². The molecule has 0 fully saturated rings. The van der Waals surface area contributed by atoms with Crippen LogP contribution >= 0.6 is 11.3 Å². The Morgan fingerprint density at radius 1 is 1.24 bits per heavy atom. The zero-order valence-electron chi connectivity index (χ0n) is 11.6. The number of fused-ring (bicyclic) bond motifs is 1. The molecule has 0 saturated carbocycles. The van der Waals surface area contributed by atoms with Crippen molar-refractivity contribution in [1.29, 1.82) is 0 Å². The molecule has 1 amide bonds. The highest BCUT2D eigenvalue weighted by molar-refractivity contribution is 7.17. The number of anilines is 1. The number of nitrogens with one attached hydrogen (secondary N) is 1. The van der Waals surface area contributed by atoms with Crippen molar-refractivity contribution >= 4 is 27.9 Å². The van der Waals surface area contributed by atoms with Crippen molar-refractivity contribution in [3.8, 4) is 0 Å². The van der Waals surface area contributed by atoms with E-state index in [0.717, 1.165) is 10.6 Å². The molecule has 2 aromatic heterocycles. The van der Waals surface area contributed by atoms with E-state index in [1.807, 2.05) is 32.0 Å². The number of para-hydroxylation sites is 1. The number of carbonyl (C=O) groups is 1. The number of rotatable bonds is 2. The van der Waals surface area contributed by atoms with Crippen LogP contribution in [-0.4, -0.2) is 15.3 Å². The minimum Gasteiger partial charge on any atom is -0.322 e. The lowest BCUT2D eigenvalue weighted by Crippen LogP contribution is -2.26. The minimum absolute atomic E-state index is 0.0391. The molecular formula is C15H13N3O2S. The highest BCUT2D eigenvalue weighted by Gasteiger charge is 2.16. The summed E-state index contributed by atoms with van der Waals surface area (Å²) in [5, 5.41) is 2.70. The third-order valence-electron chi connectivity index (χ3n) is 3.29. The second-order valence-electron chi connectivity index (χ2n) is 4.66. The van der Waals surface area contributed by atoms with Gasteiger partial charge in [-0.2, -0.15) is 0 Å². The third kappa shape index (κ3) is 2.34. The van der Waals surface area contributed by atoms with E-state index in [-0.39, 0.29) is 11.1 Å². The first kappa shape index (κ1) is 13.5. The normalized spacial score (nSPS) is 10.8. The molecule has 21 heavy (non-hydrogen) atoms. The van der Waals surface area contributed by atoms with Crippen LogP contribution in [0.15, 0.2) is 41.3 Å². The van der Waals surface area contributed by atoms with Gasteiger partial charge in [0.25, 0.3) is 11.5 Å². The van der Waals surface area contributed by atoms with Crippen LogP contribution in [0.25, 0.3) is 4.96 Å². The van der Waals surface area contributed by atoms with Crippen LogP contribution in [0.1, 0.15) is 20.9 Å². The Labute approximate surface area is 124 Å². The molecule has 1 N–H and O–H groups in total. The largest absolute Gasteiger partial charge is 0.322 e. The average Bonchev–Trinajstić information content (AvgIpc) is 2.76. The molecule has 5 nitrogen and oxygen atoms in total. The van der Waals surface area contributed by atoms with E-state index >= 15 is 0 Å². The van der Waals surface area contributed by atoms with Gasteiger partial charge in [-0.1, -0.05) is 18.2 Å². The highest BCUT2D eigenvalue weighted by atomic mass is 32.1. The number of hydrogen-bond acceptors (Lipinski definition) is 4. The summed E-state index contributed by atoms with van der Waals surface area (Å²) in [5.41, 5.74) is 1.17. The first-order valence-corrected chi connectivity index (χ1v) is 7.23. The van der Waals surface area contributed by atoms with Gasteiger partial charge in [-0.05, 0) is 26.0 Å². The van der Waals surface area contributed by atoms with Crippen molar-refractivity contribution in [3.05, 3.63) is 63.0 Å². The van der Waals surface area contributed by atoms with Crippen molar-refractivity contribution < 1.29 is 4.79 Å². The van der Waals surface area contributed by atoms with E-state index in [1.54, 1.807) is 12.1 Å².